The lowest BCUT2D eigenvalue weighted by Gasteiger charge is -2.46. The lowest BCUT2D eigenvalue weighted by Crippen LogP contribution is -2.63. The number of hydrogen-bond donors (Lipinski definition) is 2. The van der Waals surface area contributed by atoms with Crippen LogP contribution in [-0.2, 0) is 15.1 Å². The Kier molecular flexibility index (Phi) is 8.60. The number of amides is 2. The van der Waals surface area contributed by atoms with Gasteiger partial charge in [0.1, 0.15) is 0 Å². The van der Waals surface area contributed by atoms with Crippen LogP contribution in [0.1, 0.15) is 44.6 Å². The summed E-state index contributed by atoms with van der Waals surface area (Å²) < 4.78 is 0. The Morgan fingerprint density at radius 2 is 1.83 bits per heavy atom. The number of carbonyl (C=O) groups excluding carboxylic acids is 2. The Balaban J connectivity index is 1.72. The first kappa shape index (κ1) is 23.1. The molecular formula is C23H35N3O3S. The Hall–Kier alpha value is -1.57. The second-order valence-electron chi connectivity index (χ2n) is 8.32. The number of carbonyl (C=O) groups is 2. The highest BCUT2D eigenvalue weighted by Crippen LogP contribution is 2.33. The summed E-state index contributed by atoms with van der Waals surface area (Å²) >= 11 is 1.59. The maximum absolute atomic E-state index is 13.0. The van der Waals surface area contributed by atoms with Crippen molar-refractivity contribution < 1.29 is 14.7 Å². The van der Waals surface area contributed by atoms with Crippen molar-refractivity contribution in [2.75, 3.05) is 44.2 Å². The SMILES string of the molecule is CCSCC(=O)N1CC[C@](NC(=O)CN2CCCCCC2)(c2ccccc2)[C@H](O)C1. The van der Waals surface area contributed by atoms with Crippen LogP contribution in [0.15, 0.2) is 30.3 Å². The molecule has 0 aliphatic carbocycles. The minimum Gasteiger partial charge on any atom is -0.388 e. The average molecular weight is 434 g/mol. The van der Waals surface area contributed by atoms with Crippen LogP contribution in [0.5, 0.6) is 0 Å². The van der Waals surface area contributed by atoms with Gasteiger partial charge in [0.05, 0.1) is 23.9 Å². The van der Waals surface area contributed by atoms with E-state index in [2.05, 4.69) is 10.2 Å². The van der Waals surface area contributed by atoms with E-state index in [-0.39, 0.29) is 18.4 Å². The van der Waals surface area contributed by atoms with Gasteiger partial charge in [-0.2, -0.15) is 11.8 Å². The summed E-state index contributed by atoms with van der Waals surface area (Å²) in [6, 6.07) is 9.71. The summed E-state index contributed by atoms with van der Waals surface area (Å²) in [6.07, 6.45) is 4.37. The van der Waals surface area contributed by atoms with Gasteiger partial charge in [-0.1, -0.05) is 50.1 Å². The minimum atomic E-state index is -0.862. The molecule has 0 spiro atoms. The van der Waals surface area contributed by atoms with Crippen LogP contribution >= 0.6 is 11.8 Å². The highest BCUT2D eigenvalue weighted by atomic mass is 32.2. The number of aliphatic hydroxyl groups excluding tert-OH is 1. The van der Waals surface area contributed by atoms with Gasteiger partial charge in [0.15, 0.2) is 0 Å². The molecule has 166 valence electrons. The summed E-state index contributed by atoms with van der Waals surface area (Å²) in [5, 5.41) is 14.4. The molecule has 2 aliphatic rings. The molecule has 0 bridgehead atoms. The molecule has 0 aromatic heterocycles. The number of benzene rings is 1. The van der Waals surface area contributed by atoms with E-state index in [1.165, 1.54) is 12.8 Å². The van der Waals surface area contributed by atoms with E-state index >= 15 is 0 Å². The summed E-state index contributed by atoms with van der Waals surface area (Å²) in [4.78, 5) is 29.4. The van der Waals surface area contributed by atoms with Gasteiger partial charge >= 0.3 is 0 Å². The van der Waals surface area contributed by atoms with Crippen LogP contribution in [-0.4, -0.2) is 77.1 Å². The van der Waals surface area contributed by atoms with Gasteiger partial charge in [0.2, 0.25) is 11.8 Å². The molecule has 2 aliphatic heterocycles. The number of rotatable bonds is 7. The van der Waals surface area contributed by atoms with E-state index in [0.29, 0.717) is 25.3 Å². The standard InChI is InChI=1S/C23H35N3O3S/c1-2-30-18-22(29)26-15-12-23(20(27)16-26,19-10-6-5-7-11-19)24-21(28)17-25-13-8-3-4-9-14-25/h5-7,10-11,20,27H,2-4,8-9,12-18H2,1H3,(H,24,28)/t20-,23+/m1/s1. The molecule has 2 heterocycles. The number of nitrogens with zero attached hydrogens (tertiary/aromatic N) is 2. The molecule has 6 nitrogen and oxygen atoms in total. The minimum absolute atomic E-state index is 0.0541. The first-order chi connectivity index (χ1) is 14.5. The fraction of sp³-hybridized carbons (Fsp3) is 0.652. The molecular weight excluding hydrogens is 398 g/mol. The summed E-state index contributed by atoms with van der Waals surface area (Å²) in [6.45, 7) is 5.05. The third kappa shape index (κ3) is 5.77. The van der Waals surface area contributed by atoms with Crippen LogP contribution < -0.4 is 5.32 Å². The van der Waals surface area contributed by atoms with Crippen LogP contribution in [0.4, 0.5) is 0 Å². The highest BCUT2D eigenvalue weighted by molar-refractivity contribution is 7.99. The maximum Gasteiger partial charge on any atom is 0.234 e. The van der Waals surface area contributed by atoms with Crippen molar-refractivity contribution in [1.29, 1.82) is 0 Å². The Morgan fingerprint density at radius 1 is 1.13 bits per heavy atom. The monoisotopic (exact) mass is 433 g/mol. The van der Waals surface area contributed by atoms with E-state index < -0.39 is 11.6 Å². The molecule has 7 heteroatoms. The first-order valence-electron chi connectivity index (χ1n) is 11.2. The predicted octanol–water partition coefficient (Wildman–Crippen LogP) is 2.22. The summed E-state index contributed by atoms with van der Waals surface area (Å²) in [7, 11) is 0. The van der Waals surface area contributed by atoms with Crippen LogP contribution in [0.3, 0.4) is 0 Å². The Labute approximate surface area is 184 Å². The molecule has 2 saturated heterocycles. The molecule has 3 rings (SSSR count). The molecule has 1 aromatic rings. The molecule has 0 unspecified atom stereocenters. The predicted molar refractivity (Wildman–Crippen MR) is 121 cm³/mol. The molecule has 2 amide bonds. The van der Waals surface area contributed by atoms with Gasteiger partial charge < -0.3 is 15.3 Å². The smallest absolute Gasteiger partial charge is 0.234 e. The number of likely N-dealkylation sites (tertiary alicyclic amines) is 2. The zero-order chi connectivity index (χ0) is 21.4. The molecule has 30 heavy (non-hydrogen) atoms. The first-order valence-corrected chi connectivity index (χ1v) is 12.3. The Bertz CT molecular complexity index is 694. The average Bonchev–Trinajstić information content (AvgIpc) is 3.02. The van der Waals surface area contributed by atoms with Crippen LogP contribution in [0.2, 0.25) is 0 Å². The van der Waals surface area contributed by atoms with Crippen molar-refractivity contribution >= 4 is 23.6 Å². The highest BCUT2D eigenvalue weighted by Gasteiger charge is 2.45. The second-order valence-corrected chi connectivity index (χ2v) is 9.59. The van der Waals surface area contributed by atoms with Gasteiger partial charge in [-0.15, -0.1) is 0 Å². The van der Waals surface area contributed by atoms with E-state index in [4.69, 9.17) is 0 Å². The third-order valence-corrected chi connectivity index (χ3v) is 7.10. The maximum atomic E-state index is 13.0. The van der Waals surface area contributed by atoms with Crippen molar-refractivity contribution in [1.82, 2.24) is 15.1 Å². The van der Waals surface area contributed by atoms with Crippen molar-refractivity contribution in [3.8, 4) is 0 Å². The molecule has 2 atom stereocenters. The van der Waals surface area contributed by atoms with Crippen molar-refractivity contribution in [3.05, 3.63) is 35.9 Å². The van der Waals surface area contributed by atoms with E-state index in [0.717, 1.165) is 37.2 Å². The molecule has 1 aromatic carbocycles. The van der Waals surface area contributed by atoms with Gasteiger partial charge in [-0.3, -0.25) is 14.5 Å². The lowest BCUT2D eigenvalue weighted by atomic mass is 9.78. The van der Waals surface area contributed by atoms with Crippen LogP contribution in [0.25, 0.3) is 0 Å². The van der Waals surface area contributed by atoms with Gasteiger partial charge in [0, 0.05) is 13.1 Å². The topological polar surface area (TPSA) is 72.9 Å². The van der Waals surface area contributed by atoms with Gasteiger partial charge in [0.25, 0.3) is 0 Å². The number of aliphatic hydroxyl groups is 1. The van der Waals surface area contributed by atoms with Crippen molar-refractivity contribution in [2.24, 2.45) is 0 Å². The Morgan fingerprint density at radius 3 is 2.47 bits per heavy atom. The van der Waals surface area contributed by atoms with E-state index in [9.17, 15) is 14.7 Å². The van der Waals surface area contributed by atoms with Crippen molar-refractivity contribution in [3.63, 3.8) is 0 Å². The third-order valence-electron chi connectivity index (χ3n) is 6.24. The summed E-state index contributed by atoms with van der Waals surface area (Å²) in [5.41, 5.74) is 0.0375. The number of thioether (sulfide) groups is 1. The van der Waals surface area contributed by atoms with Crippen molar-refractivity contribution in [2.45, 2.75) is 50.7 Å². The zero-order valence-corrected chi connectivity index (χ0v) is 18.8. The second kappa shape index (κ2) is 11.2. The molecule has 0 saturated carbocycles. The largest absolute Gasteiger partial charge is 0.388 e. The van der Waals surface area contributed by atoms with Crippen LogP contribution in [0, 0.1) is 0 Å². The van der Waals surface area contributed by atoms with E-state index in [1.807, 2.05) is 37.3 Å². The fourth-order valence-electron chi connectivity index (χ4n) is 4.52. The summed E-state index contributed by atoms with van der Waals surface area (Å²) in [5.74, 6) is 1.32. The molecule has 0 radical (unpaired) electrons. The lowest BCUT2D eigenvalue weighted by molar-refractivity contribution is -0.136. The number of nitrogens with one attached hydrogen (secondary N) is 1. The number of piperidine rings is 1. The zero-order valence-electron chi connectivity index (χ0n) is 18.0. The van der Waals surface area contributed by atoms with Gasteiger partial charge in [-0.05, 0) is 43.7 Å². The quantitative estimate of drug-likeness (QED) is 0.690. The normalized spacial score (nSPS) is 25.5. The fourth-order valence-corrected chi connectivity index (χ4v) is 5.08. The molecule has 2 N–H and O–H groups in total. The van der Waals surface area contributed by atoms with Gasteiger partial charge in [-0.25, -0.2) is 0 Å². The van der Waals surface area contributed by atoms with E-state index in [1.54, 1.807) is 16.7 Å². The number of hydrogen-bond acceptors (Lipinski definition) is 5. The molecule has 2 fully saturated rings. The number of β-amino-alcohol motifs (C(OH)–C–C–N with tert-alkyl or cyclic N) is 1.